The number of rotatable bonds is 3. The average Bonchev–Trinajstić information content (AvgIpc) is 2.61. The number of hydrogen-bond donors (Lipinski definition) is 1. The van der Waals surface area contributed by atoms with Crippen LogP contribution in [0.25, 0.3) is 0 Å². The number of hydrogen-bond acceptors (Lipinski definition) is 5. The number of aryl methyl sites for hydroxylation is 1. The number of carbonyl (C=O) groups is 1. The van der Waals surface area contributed by atoms with E-state index in [1.165, 1.54) is 0 Å². The molecule has 3 rings (SSSR count). The minimum atomic E-state index is -0.0493. The van der Waals surface area contributed by atoms with Crippen molar-refractivity contribution in [2.24, 2.45) is 5.41 Å². The maximum atomic E-state index is 12.7. The first kappa shape index (κ1) is 16.3. The molecule has 3 heterocycles. The second-order valence-corrected chi connectivity index (χ2v) is 6.86. The second kappa shape index (κ2) is 6.53. The molecule has 126 valence electrons. The van der Waals surface area contributed by atoms with Crippen molar-refractivity contribution >= 4 is 5.91 Å². The zero-order chi connectivity index (χ0) is 16.4. The number of aliphatic hydroxyl groups excluding tert-OH is 1. The van der Waals surface area contributed by atoms with Gasteiger partial charge >= 0.3 is 0 Å². The van der Waals surface area contributed by atoms with Crippen molar-refractivity contribution in [3.05, 3.63) is 23.8 Å². The van der Waals surface area contributed by atoms with E-state index < -0.39 is 0 Å². The molecule has 2 aliphatic heterocycles. The summed E-state index contributed by atoms with van der Waals surface area (Å²) in [6.45, 7) is 4.60. The monoisotopic (exact) mass is 318 g/mol. The molecule has 0 bridgehead atoms. The van der Waals surface area contributed by atoms with Crippen LogP contribution in [0.5, 0.6) is 0 Å². The van der Waals surface area contributed by atoms with Crippen molar-refractivity contribution in [1.82, 2.24) is 19.8 Å². The van der Waals surface area contributed by atoms with E-state index in [9.17, 15) is 9.90 Å². The van der Waals surface area contributed by atoms with Crippen LogP contribution in [0.2, 0.25) is 0 Å². The first-order valence-corrected chi connectivity index (χ1v) is 8.51. The van der Waals surface area contributed by atoms with Crippen LogP contribution in [-0.4, -0.2) is 70.1 Å². The average molecular weight is 318 g/mol. The Morgan fingerprint density at radius 2 is 2.09 bits per heavy atom. The van der Waals surface area contributed by atoms with E-state index in [2.05, 4.69) is 21.9 Å². The fraction of sp³-hybridized carbons (Fsp3) is 0.706. The smallest absolute Gasteiger partial charge is 0.257 e. The summed E-state index contributed by atoms with van der Waals surface area (Å²) in [5, 5.41) is 9.94. The zero-order valence-electron chi connectivity index (χ0n) is 14.0. The Morgan fingerprint density at radius 3 is 2.74 bits per heavy atom. The molecule has 0 aromatic carbocycles. The van der Waals surface area contributed by atoms with Gasteiger partial charge in [0.2, 0.25) is 0 Å². The number of aliphatic hydroxyl groups is 1. The van der Waals surface area contributed by atoms with E-state index in [0.29, 0.717) is 18.7 Å². The molecule has 0 aliphatic carbocycles. The molecule has 0 radical (unpaired) electrons. The quantitative estimate of drug-likeness (QED) is 0.899. The van der Waals surface area contributed by atoms with Gasteiger partial charge in [-0.1, -0.05) is 6.92 Å². The van der Waals surface area contributed by atoms with Crippen LogP contribution in [-0.2, 0) is 6.42 Å². The lowest BCUT2D eigenvalue weighted by molar-refractivity contribution is -0.0601. The Morgan fingerprint density at radius 1 is 1.35 bits per heavy atom. The number of aromatic nitrogens is 2. The van der Waals surface area contributed by atoms with Crippen molar-refractivity contribution in [1.29, 1.82) is 0 Å². The molecule has 23 heavy (non-hydrogen) atoms. The first-order valence-electron chi connectivity index (χ1n) is 8.51. The third kappa shape index (κ3) is 2.97. The molecule has 0 saturated carbocycles. The molecule has 0 unspecified atom stereocenters. The van der Waals surface area contributed by atoms with Gasteiger partial charge in [-0.25, -0.2) is 9.97 Å². The first-order chi connectivity index (χ1) is 11.1. The molecule has 2 saturated heterocycles. The van der Waals surface area contributed by atoms with Gasteiger partial charge < -0.3 is 14.9 Å². The topological polar surface area (TPSA) is 69.6 Å². The van der Waals surface area contributed by atoms with E-state index in [1.807, 2.05) is 11.8 Å². The summed E-state index contributed by atoms with van der Waals surface area (Å²) < 4.78 is 0. The number of amides is 1. The van der Waals surface area contributed by atoms with E-state index in [0.717, 1.165) is 38.1 Å². The maximum absolute atomic E-state index is 12.7. The van der Waals surface area contributed by atoms with Crippen LogP contribution in [0, 0.1) is 5.41 Å². The minimum Gasteiger partial charge on any atom is -0.396 e. The molecule has 1 amide bonds. The van der Waals surface area contributed by atoms with E-state index in [4.69, 9.17) is 0 Å². The molecule has 2 atom stereocenters. The number of fused-ring (bicyclic) bond motifs is 1. The zero-order valence-corrected chi connectivity index (χ0v) is 14.0. The van der Waals surface area contributed by atoms with Gasteiger partial charge in [0.15, 0.2) is 0 Å². The summed E-state index contributed by atoms with van der Waals surface area (Å²) in [5.74, 6) is 0.754. The standard InChI is InChI=1S/C17H26N4O2/c1-3-15-18-9-13(10-19-15)16(23)21-8-6-17(12-22)5-4-7-20(2)14(17)11-21/h9-10,14,22H,3-8,11-12H2,1-2H3/t14-,17-/m1/s1. The Kier molecular flexibility index (Phi) is 4.64. The highest BCUT2D eigenvalue weighted by Crippen LogP contribution is 2.41. The van der Waals surface area contributed by atoms with Gasteiger partial charge in [0.05, 0.1) is 12.2 Å². The summed E-state index contributed by atoms with van der Waals surface area (Å²) in [6, 6.07) is 0.231. The molecule has 2 fully saturated rings. The molecule has 2 aliphatic rings. The van der Waals surface area contributed by atoms with Crippen LogP contribution in [0.4, 0.5) is 0 Å². The van der Waals surface area contributed by atoms with Crippen LogP contribution in [0.15, 0.2) is 12.4 Å². The summed E-state index contributed by atoms with van der Waals surface area (Å²) in [6.07, 6.45) is 7.06. The van der Waals surface area contributed by atoms with Gasteiger partial charge in [0, 0.05) is 43.4 Å². The molecular weight excluding hydrogens is 292 g/mol. The number of piperidine rings is 2. The van der Waals surface area contributed by atoms with Gasteiger partial charge in [0.25, 0.3) is 5.91 Å². The Labute approximate surface area is 137 Å². The summed E-state index contributed by atoms with van der Waals surface area (Å²) in [5.41, 5.74) is 0.504. The normalized spacial score (nSPS) is 28.5. The summed E-state index contributed by atoms with van der Waals surface area (Å²) >= 11 is 0. The van der Waals surface area contributed by atoms with Crippen LogP contribution in [0.1, 0.15) is 42.4 Å². The Balaban J connectivity index is 1.75. The lowest BCUT2D eigenvalue weighted by Gasteiger charge is -2.53. The van der Waals surface area contributed by atoms with Crippen molar-refractivity contribution in [2.45, 2.75) is 38.6 Å². The van der Waals surface area contributed by atoms with E-state index >= 15 is 0 Å². The highest BCUT2D eigenvalue weighted by atomic mass is 16.3. The highest BCUT2D eigenvalue weighted by Gasteiger charge is 2.47. The van der Waals surface area contributed by atoms with Gasteiger partial charge in [-0.15, -0.1) is 0 Å². The van der Waals surface area contributed by atoms with Crippen molar-refractivity contribution in [2.75, 3.05) is 33.3 Å². The molecular formula is C17H26N4O2. The lowest BCUT2D eigenvalue weighted by Crippen LogP contribution is -2.62. The van der Waals surface area contributed by atoms with Crippen LogP contribution < -0.4 is 0 Å². The largest absolute Gasteiger partial charge is 0.396 e. The Hall–Kier alpha value is -1.53. The SMILES string of the molecule is CCc1ncc(C(=O)N2CC[C@@]3(CO)CCCN(C)[C@@H]3C2)cn1. The van der Waals surface area contributed by atoms with Gasteiger partial charge in [0.1, 0.15) is 5.82 Å². The van der Waals surface area contributed by atoms with E-state index in [-0.39, 0.29) is 24.0 Å². The van der Waals surface area contributed by atoms with Crippen LogP contribution in [0.3, 0.4) is 0 Å². The maximum Gasteiger partial charge on any atom is 0.257 e. The molecule has 1 N–H and O–H groups in total. The van der Waals surface area contributed by atoms with Crippen molar-refractivity contribution in [3.8, 4) is 0 Å². The summed E-state index contributed by atoms with van der Waals surface area (Å²) in [4.78, 5) is 25.4. The number of carbonyl (C=O) groups excluding carboxylic acids is 1. The van der Waals surface area contributed by atoms with Gasteiger partial charge in [-0.2, -0.15) is 0 Å². The summed E-state index contributed by atoms with van der Waals surface area (Å²) in [7, 11) is 2.10. The second-order valence-electron chi connectivity index (χ2n) is 6.86. The molecule has 6 heteroatoms. The number of nitrogens with zero attached hydrogens (tertiary/aromatic N) is 4. The molecule has 1 aromatic rings. The third-order valence-electron chi connectivity index (χ3n) is 5.57. The number of likely N-dealkylation sites (tertiary alicyclic amines) is 2. The molecule has 6 nitrogen and oxygen atoms in total. The third-order valence-corrected chi connectivity index (χ3v) is 5.57. The minimum absolute atomic E-state index is 0.00170. The van der Waals surface area contributed by atoms with Gasteiger partial charge in [-0.3, -0.25) is 4.79 Å². The van der Waals surface area contributed by atoms with Crippen molar-refractivity contribution < 1.29 is 9.90 Å². The molecule has 1 aromatic heterocycles. The highest BCUT2D eigenvalue weighted by molar-refractivity contribution is 5.93. The van der Waals surface area contributed by atoms with Crippen molar-refractivity contribution in [3.63, 3.8) is 0 Å². The molecule has 0 spiro atoms. The fourth-order valence-corrected chi connectivity index (χ4v) is 4.03. The van der Waals surface area contributed by atoms with E-state index in [1.54, 1.807) is 12.4 Å². The predicted molar refractivity (Wildman–Crippen MR) is 87.1 cm³/mol. The van der Waals surface area contributed by atoms with Gasteiger partial charge in [-0.05, 0) is 32.9 Å². The number of likely N-dealkylation sites (N-methyl/N-ethyl adjacent to an activating group) is 1. The predicted octanol–water partition coefficient (Wildman–Crippen LogP) is 0.958. The lowest BCUT2D eigenvalue weighted by atomic mass is 9.69. The fourth-order valence-electron chi connectivity index (χ4n) is 4.03. The Bertz CT molecular complexity index is 562. The van der Waals surface area contributed by atoms with Crippen LogP contribution >= 0.6 is 0 Å².